The molecule has 0 heterocycles. The van der Waals surface area contributed by atoms with E-state index in [-0.39, 0.29) is 6.04 Å². The summed E-state index contributed by atoms with van der Waals surface area (Å²) in [5, 5.41) is 6.38. The maximum Gasteiger partial charge on any atom is 0.329 e. The van der Waals surface area contributed by atoms with Gasteiger partial charge in [0.1, 0.15) is 0 Å². The lowest BCUT2D eigenvalue weighted by Crippen LogP contribution is -2.38. The highest BCUT2D eigenvalue weighted by Crippen LogP contribution is 2.27. The van der Waals surface area contributed by atoms with Crippen molar-refractivity contribution in [3.05, 3.63) is 23.8 Å². The lowest BCUT2D eigenvalue weighted by Gasteiger charge is -2.12. The Bertz CT molecular complexity index is 624. The highest BCUT2D eigenvalue weighted by molar-refractivity contribution is 6.35. The standard InChI is InChI=1S/C17H23N3O4/c1-11(2)10-24-14-7-4-12(8-15(14)23-3)9-18-20-17(22)16(21)19-13-5-6-13/h4,7-9,11,13H,5-6,10H2,1-3H3,(H,19,21)(H,20,22)/b18-9-. The largest absolute Gasteiger partial charge is 0.493 e. The number of carbonyl (C=O) groups is 2. The molecule has 2 amide bonds. The van der Waals surface area contributed by atoms with Crippen molar-refractivity contribution < 1.29 is 19.1 Å². The van der Waals surface area contributed by atoms with E-state index < -0.39 is 11.8 Å². The van der Waals surface area contributed by atoms with E-state index >= 15 is 0 Å². The Morgan fingerprint density at radius 2 is 2.04 bits per heavy atom. The van der Waals surface area contributed by atoms with Gasteiger partial charge in [-0.1, -0.05) is 13.8 Å². The van der Waals surface area contributed by atoms with Crippen molar-refractivity contribution in [1.29, 1.82) is 0 Å². The molecule has 0 radical (unpaired) electrons. The van der Waals surface area contributed by atoms with Crippen LogP contribution >= 0.6 is 0 Å². The number of carbonyl (C=O) groups excluding carboxylic acids is 2. The molecule has 7 heteroatoms. The van der Waals surface area contributed by atoms with Crippen LogP contribution in [0.2, 0.25) is 0 Å². The molecule has 0 atom stereocenters. The molecule has 24 heavy (non-hydrogen) atoms. The van der Waals surface area contributed by atoms with Gasteiger partial charge in [0.05, 0.1) is 19.9 Å². The summed E-state index contributed by atoms with van der Waals surface area (Å²) >= 11 is 0. The Morgan fingerprint density at radius 3 is 2.67 bits per heavy atom. The van der Waals surface area contributed by atoms with Crippen molar-refractivity contribution in [1.82, 2.24) is 10.7 Å². The first-order valence-electron chi connectivity index (χ1n) is 7.94. The zero-order chi connectivity index (χ0) is 17.5. The summed E-state index contributed by atoms with van der Waals surface area (Å²) in [5.74, 6) is 0.202. The number of benzene rings is 1. The lowest BCUT2D eigenvalue weighted by molar-refractivity contribution is -0.139. The maximum absolute atomic E-state index is 11.5. The van der Waals surface area contributed by atoms with Crippen LogP contribution in [0.15, 0.2) is 23.3 Å². The smallest absolute Gasteiger partial charge is 0.329 e. The van der Waals surface area contributed by atoms with Gasteiger partial charge in [0, 0.05) is 6.04 Å². The highest BCUT2D eigenvalue weighted by atomic mass is 16.5. The van der Waals surface area contributed by atoms with Gasteiger partial charge in [0.25, 0.3) is 0 Å². The average Bonchev–Trinajstić information content (AvgIpc) is 3.37. The Balaban J connectivity index is 1.91. The van der Waals surface area contributed by atoms with Gasteiger partial charge >= 0.3 is 11.8 Å². The minimum atomic E-state index is -0.776. The van der Waals surface area contributed by atoms with Gasteiger partial charge in [-0.3, -0.25) is 9.59 Å². The Labute approximate surface area is 141 Å². The van der Waals surface area contributed by atoms with Crippen LogP contribution in [0.4, 0.5) is 0 Å². The van der Waals surface area contributed by atoms with Crippen LogP contribution in [-0.2, 0) is 9.59 Å². The summed E-state index contributed by atoms with van der Waals surface area (Å²) in [5.41, 5.74) is 2.92. The Morgan fingerprint density at radius 1 is 1.29 bits per heavy atom. The molecule has 1 aromatic rings. The second-order valence-electron chi connectivity index (χ2n) is 6.06. The van der Waals surface area contributed by atoms with Gasteiger partial charge in [-0.05, 0) is 42.5 Å². The van der Waals surface area contributed by atoms with E-state index in [1.807, 2.05) is 0 Å². The first-order valence-corrected chi connectivity index (χ1v) is 7.94. The zero-order valence-corrected chi connectivity index (χ0v) is 14.2. The summed E-state index contributed by atoms with van der Waals surface area (Å²) in [4.78, 5) is 23.0. The monoisotopic (exact) mass is 333 g/mol. The third-order valence-corrected chi connectivity index (χ3v) is 3.26. The second kappa shape index (κ2) is 8.33. The topological polar surface area (TPSA) is 89.0 Å². The number of amides is 2. The summed E-state index contributed by atoms with van der Waals surface area (Å²) in [6.07, 6.45) is 3.29. The van der Waals surface area contributed by atoms with Crippen molar-refractivity contribution in [2.45, 2.75) is 32.7 Å². The van der Waals surface area contributed by atoms with E-state index in [1.54, 1.807) is 25.3 Å². The molecule has 1 aliphatic carbocycles. The van der Waals surface area contributed by atoms with Crippen molar-refractivity contribution in [3.8, 4) is 11.5 Å². The lowest BCUT2D eigenvalue weighted by atomic mass is 10.2. The fraction of sp³-hybridized carbons (Fsp3) is 0.471. The van der Waals surface area contributed by atoms with Crippen LogP contribution in [0.25, 0.3) is 0 Å². The van der Waals surface area contributed by atoms with Crippen molar-refractivity contribution >= 4 is 18.0 Å². The Hall–Kier alpha value is -2.57. The fourth-order valence-electron chi connectivity index (χ4n) is 1.83. The number of ether oxygens (including phenoxy) is 2. The molecule has 1 aromatic carbocycles. The number of nitrogens with one attached hydrogen (secondary N) is 2. The normalized spacial score (nSPS) is 13.8. The van der Waals surface area contributed by atoms with Gasteiger partial charge in [0.15, 0.2) is 11.5 Å². The predicted octanol–water partition coefficient (Wildman–Crippen LogP) is 1.46. The number of nitrogens with zero attached hydrogens (tertiary/aromatic N) is 1. The first kappa shape index (κ1) is 17.8. The molecule has 1 saturated carbocycles. The van der Waals surface area contributed by atoms with Crippen LogP contribution in [0, 0.1) is 5.92 Å². The third kappa shape index (κ3) is 5.57. The van der Waals surface area contributed by atoms with Crippen molar-refractivity contribution in [2.75, 3.05) is 13.7 Å². The molecular formula is C17H23N3O4. The summed E-state index contributed by atoms with van der Waals surface area (Å²) in [7, 11) is 1.56. The molecule has 0 bridgehead atoms. The van der Waals surface area contributed by atoms with Gasteiger partial charge in [-0.15, -0.1) is 0 Å². The first-order chi connectivity index (χ1) is 11.5. The van der Waals surface area contributed by atoms with Crippen molar-refractivity contribution in [2.24, 2.45) is 11.0 Å². The van der Waals surface area contributed by atoms with E-state index in [0.29, 0.717) is 29.6 Å². The minimum Gasteiger partial charge on any atom is -0.493 e. The summed E-state index contributed by atoms with van der Waals surface area (Å²) < 4.78 is 11.0. The molecule has 2 N–H and O–H groups in total. The molecule has 0 unspecified atom stereocenters. The van der Waals surface area contributed by atoms with E-state index in [0.717, 1.165) is 12.8 Å². The van der Waals surface area contributed by atoms with Crippen LogP contribution in [0.1, 0.15) is 32.3 Å². The molecule has 7 nitrogen and oxygen atoms in total. The van der Waals surface area contributed by atoms with Crippen molar-refractivity contribution in [3.63, 3.8) is 0 Å². The number of methoxy groups -OCH3 is 1. The highest BCUT2D eigenvalue weighted by Gasteiger charge is 2.26. The molecule has 1 aliphatic rings. The number of hydrazone groups is 1. The van der Waals surface area contributed by atoms with Gasteiger partial charge in [-0.2, -0.15) is 5.10 Å². The van der Waals surface area contributed by atoms with Crippen LogP contribution < -0.4 is 20.2 Å². The SMILES string of the molecule is COc1cc(/C=N\NC(=O)C(=O)NC2CC2)ccc1OCC(C)C. The summed E-state index contributed by atoms with van der Waals surface area (Å²) in [6.45, 7) is 4.72. The van der Waals surface area contributed by atoms with Gasteiger partial charge < -0.3 is 14.8 Å². The molecule has 130 valence electrons. The van der Waals surface area contributed by atoms with Crippen LogP contribution in [-0.4, -0.2) is 37.8 Å². The average molecular weight is 333 g/mol. The zero-order valence-electron chi connectivity index (χ0n) is 14.2. The third-order valence-electron chi connectivity index (χ3n) is 3.26. The van der Waals surface area contributed by atoms with E-state index in [1.165, 1.54) is 6.21 Å². The van der Waals surface area contributed by atoms with Crippen LogP contribution in [0.5, 0.6) is 11.5 Å². The number of hydrogen-bond acceptors (Lipinski definition) is 5. The molecule has 2 rings (SSSR count). The predicted molar refractivity (Wildman–Crippen MR) is 90.2 cm³/mol. The van der Waals surface area contributed by atoms with Gasteiger partial charge in [-0.25, -0.2) is 5.43 Å². The van der Waals surface area contributed by atoms with E-state index in [9.17, 15) is 9.59 Å². The molecule has 0 spiro atoms. The Kier molecular flexibility index (Phi) is 6.17. The molecule has 1 fully saturated rings. The minimum absolute atomic E-state index is 0.134. The maximum atomic E-state index is 11.5. The second-order valence-corrected chi connectivity index (χ2v) is 6.06. The summed E-state index contributed by atoms with van der Waals surface area (Å²) in [6, 6.07) is 5.45. The fourth-order valence-corrected chi connectivity index (χ4v) is 1.83. The van der Waals surface area contributed by atoms with Gasteiger partial charge in [0.2, 0.25) is 0 Å². The van der Waals surface area contributed by atoms with Crippen LogP contribution in [0.3, 0.4) is 0 Å². The molecule has 0 saturated heterocycles. The number of rotatable bonds is 7. The quantitative estimate of drug-likeness (QED) is 0.449. The van der Waals surface area contributed by atoms with E-state index in [2.05, 4.69) is 29.7 Å². The number of hydrogen-bond donors (Lipinski definition) is 2. The molecule has 0 aromatic heterocycles. The molecular weight excluding hydrogens is 310 g/mol. The molecule has 0 aliphatic heterocycles. The van der Waals surface area contributed by atoms with E-state index in [4.69, 9.17) is 9.47 Å².